The van der Waals surface area contributed by atoms with E-state index in [2.05, 4.69) is 16.0 Å². The summed E-state index contributed by atoms with van der Waals surface area (Å²) in [5, 5.41) is 9.31. The zero-order chi connectivity index (χ0) is 13.1. The number of carbonyl (C=O) groups excluding carboxylic acids is 1. The monoisotopic (exact) mass is 246 g/mol. The van der Waals surface area contributed by atoms with E-state index in [1.165, 1.54) is 0 Å². The molecule has 0 aromatic carbocycles. The Bertz CT molecular complexity index is 203. The van der Waals surface area contributed by atoms with E-state index in [0.717, 1.165) is 26.2 Å². The summed E-state index contributed by atoms with van der Waals surface area (Å²) < 4.78 is 0.655. The molecule has 0 fully saturated rings. The van der Waals surface area contributed by atoms with Crippen LogP contribution in [0.25, 0.3) is 0 Å². The van der Waals surface area contributed by atoms with Gasteiger partial charge in [-0.1, -0.05) is 0 Å². The smallest absolute Gasteiger partial charge is 0.275 e. The summed E-state index contributed by atoms with van der Waals surface area (Å²) in [6, 6.07) is 0. The third kappa shape index (κ3) is 13.2. The van der Waals surface area contributed by atoms with Crippen molar-refractivity contribution in [3.63, 3.8) is 0 Å². The number of nitrogens with zero attached hydrogens (tertiary/aromatic N) is 1. The van der Waals surface area contributed by atoms with E-state index in [1.54, 1.807) is 0 Å². The van der Waals surface area contributed by atoms with Crippen LogP contribution >= 0.6 is 0 Å². The molecule has 0 aliphatic heterocycles. The fraction of sp³-hybridized carbons (Fsp3) is 0.909. The predicted molar refractivity (Wildman–Crippen MR) is 70.7 cm³/mol. The number of carbonyl (C=O) groups is 1. The number of hydrogen-bond acceptors (Lipinski definition) is 4. The van der Waals surface area contributed by atoms with Gasteiger partial charge in [-0.3, -0.25) is 4.79 Å². The Morgan fingerprint density at radius 3 is 2.06 bits per heavy atom. The SMILES string of the molecule is C[N+](C)(C)CC(=O)NCCNCCNCCN. The molecule has 0 unspecified atom stereocenters. The van der Waals surface area contributed by atoms with E-state index in [4.69, 9.17) is 5.73 Å². The molecule has 0 radical (unpaired) electrons. The van der Waals surface area contributed by atoms with Gasteiger partial charge in [-0.2, -0.15) is 0 Å². The van der Waals surface area contributed by atoms with Gasteiger partial charge in [0.15, 0.2) is 6.54 Å². The standard InChI is InChI=1S/C11H27N5O/c1-16(2,3)10-11(17)15-9-8-14-7-6-13-5-4-12/h13-14H,4-10,12H2,1-3H3/p+1. The van der Waals surface area contributed by atoms with Crippen LogP contribution in [0.2, 0.25) is 0 Å². The lowest BCUT2D eigenvalue weighted by Crippen LogP contribution is -2.45. The Morgan fingerprint density at radius 2 is 1.53 bits per heavy atom. The zero-order valence-corrected chi connectivity index (χ0v) is 11.4. The first-order valence-electron chi connectivity index (χ1n) is 6.14. The highest BCUT2D eigenvalue weighted by Gasteiger charge is 2.12. The highest BCUT2D eigenvalue weighted by atomic mass is 16.2. The van der Waals surface area contributed by atoms with Crippen molar-refractivity contribution in [2.24, 2.45) is 5.73 Å². The molecule has 6 heteroatoms. The number of amides is 1. The normalized spacial score (nSPS) is 11.5. The number of nitrogens with one attached hydrogen (secondary N) is 3. The van der Waals surface area contributed by atoms with Crippen molar-refractivity contribution >= 4 is 5.91 Å². The number of hydrogen-bond donors (Lipinski definition) is 4. The predicted octanol–water partition coefficient (Wildman–Crippen LogP) is -2.05. The van der Waals surface area contributed by atoms with Gasteiger partial charge in [0.1, 0.15) is 0 Å². The first-order chi connectivity index (χ1) is 7.95. The second-order valence-corrected chi connectivity index (χ2v) is 5.09. The summed E-state index contributed by atoms with van der Waals surface area (Å²) in [7, 11) is 6.00. The van der Waals surface area contributed by atoms with E-state index in [1.807, 2.05) is 21.1 Å². The van der Waals surface area contributed by atoms with Gasteiger partial charge in [0.25, 0.3) is 5.91 Å². The summed E-state index contributed by atoms with van der Waals surface area (Å²) in [6.07, 6.45) is 0. The van der Waals surface area contributed by atoms with Crippen LogP contribution in [0.15, 0.2) is 0 Å². The fourth-order valence-corrected chi connectivity index (χ4v) is 1.31. The van der Waals surface area contributed by atoms with Crippen LogP contribution in [0.3, 0.4) is 0 Å². The van der Waals surface area contributed by atoms with Crippen LogP contribution in [0.4, 0.5) is 0 Å². The highest BCUT2D eigenvalue weighted by Crippen LogP contribution is 1.87. The second kappa shape index (κ2) is 9.35. The molecule has 0 atom stereocenters. The van der Waals surface area contributed by atoms with Crippen molar-refractivity contribution in [2.45, 2.75) is 0 Å². The quantitative estimate of drug-likeness (QED) is 0.264. The summed E-state index contributed by atoms with van der Waals surface area (Å²) >= 11 is 0. The number of nitrogens with two attached hydrogens (primary N) is 1. The van der Waals surface area contributed by atoms with E-state index in [9.17, 15) is 4.79 Å². The van der Waals surface area contributed by atoms with E-state index >= 15 is 0 Å². The van der Waals surface area contributed by atoms with Gasteiger partial charge in [-0.15, -0.1) is 0 Å². The lowest BCUT2D eigenvalue weighted by atomic mass is 10.4. The van der Waals surface area contributed by atoms with E-state index in [0.29, 0.717) is 24.1 Å². The molecule has 1 amide bonds. The molecule has 0 aromatic rings. The number of rotatable bonds is 10. The average molecular weight is 246 g/mol. The van der Waals surface area contributed by atoms with Crippen LogP contribution in [0.5, 0.6) is 0 Å². The molecule has 0 saturated heterocycles. The minimum absolute atomic E-state index is 0.0977. The minimum Gasteiger partial charge on any atom is -0.350 e. The number of quaternary nitrogens is 1. The molecule has 0 aliphatic carbocycles. The third-order valence-corrected chi connectivity index (χ3v) is 2.04. The average Bonchev–Trinajstić information content (AvgIpc) is 2.19. The van der Waals surface area contributed by atoms with Crippen LogP contribution < -0.4 is 21.7 Å². The maximum atomic E-state index is 11.5. The summed E-state index contributed by atoms with van der Waals surface area (Å²) in [5.74, 6) is 0.0977. The molecule has 17 heavy (non-hydrogen) atoms. The van der Waals surface area contributed by atoms with Crippen molar-refractivity contribution in [1.29, 1.82) is 0 Å². The van der Waals surface area contributed by atoms with Gasteiger partial charge < -0.3 is 26.2 Å². The van der Waals surface area contributed by atoms with Crippen LogP contribution in [0.1, 0.15) is 0 Å². The van der Waals surface area contributed by atoms with Gasteiger partial charge in [0.05, 0.1) is 21.1 Å². The Hall–Kier alpha value is -0.690. The number of likely N-dealkylation sites (N-methyl/N-ethyl adjacent to an activating group) is 1. The maximum Gasteiger partial charge on any atom is 0.275 e. The maximum absolute atomic E-state index is 11.5. The van der Waals surface area contributed by atoms with Crippen molar-refractivity contribution < 1.29 is 9.28 Å². The van der Waals surface area contributed by atoms with Crippen LogP contribution in [0, 0.1) is 0 Å². The molecular formula is C11H28N5O+. The molecule has 102 valence electrons. The Kier molecular flexibility index (Phi) is 8.97. The zero-order valence-electron chi connectivity index (χ0n) is 11.4. The largest absolute Gasteiger partial charge is 0.350 e. The fourth-order valence-electron chi connectivity index (χ4n) is 1.31. The molecule has 0 heterocycles. The Balaban J connectivity index is 3.25. The molecule has 6 nitrogen and oxygen atoms in total. The Labute approximate surface area is 105 Å². The summed E-state index contributed by atoms with van der Waals surface area (Å²) in [6.45, 7) is 5.30. The molecule has 0 saturated carbocycles. The Morgan fingerprint density at radius 1 is 1.00 bits per heavy atom. The van der Waals surface area contributed by atoms with Crippen molar-refractivity contribution in [2.75, 3.05) is 67.0 Å². The molecule has 0 bridgehead atoms. The first kappa shape index (κ1) is 16.3. The molecule has 0 rings (SSSR count). The van der Waals surface area contributed by atoms with Gasteiger partial charge in [0, 0.05) is 39.3 Å². The van der Waals surface area contributed by atoms with Gasteiger partial charge in [-0.25, -0.2) is 0 Å². The molecule has 0 spiro atoms. The van der Waals surface area contributed by atoms with Gasteiger partial charge in [0.2, 0.25) is 0 Å². The van der Waals surface area contributed by atoms with Crippen LogP contribution in [-0.4, -0.2) is 77.3 Å². The molecular weight excluding hydrogens is 218 g/mol. The van der Waals surface area contributed by atoms with Crippen molar-refractivity contribution in [1.82, 2.24) is 16.0 Å². The molecule has 0 aromatic heterocycles. The topological polar surface area (TPSA) is 79.2 Å². The van der Waals surface area contributed by atoms with E-state index in [-0.39, 0.29) is 5.91 Å². The lowest BCUT2D eigenvalue weighted by molar-refractivity contribution is -0.862. The van der Waals surface area contributed by atoms with Crippen molar-refractivity contribution in [3.05, 3.63) is 0 Å². The summed E-state index contributed by atoms with van der Waals surface area (Å²) in [4.78, 5) is 11.5. The van der Waals surface area contributed by atoms with Crippen LogP contribution in [-0.2, 0) is 4.79 Å². The molecule has 0 aliphatic rings. The van der Waals surface area contributed by atoms with Gasteiger partial charge in [-0.05, 0) is 0 Å². The third-order valence-electron chi connectivity index (χ3n) is 2.04. The summed E-state index contributed by atoms with van der Waals surface area (Å²) in [5.41, 5.74) is 5.34. The van der Waals surface area contributed by atoms with E-state index < -0.39 is 0 Å². The highest BCUT2D eigenvalue weighted by molar-refractivity contribution is 5.76. The van der Waals surface area contributed by atoms with Crippen molar-refractivity contribution in [3.8, 4) is 0 Å². The minimum atomic E-state index is 0.0977. The van der Waals surface area contributed by atoms with Gasteiger partial charge >= 0.3 is 0 Å². The second-order valence-electron chi connectivity index (χ2n) is 5.09. The lowest BCUT2D eigenvalue weighted by Gasteiger charge is -2.22. The molecule has 5 N–H and O–H groups in total. The first-order valence-corrected chi connectivity index (χ1v) is 6.14.